The second-order valence-corrected chi connectivity index (χ2v) is 9.36. The molecule has 7 aromatic rings. The fourth-order valence-electron chi connectivity index (χ4n) is 4.81. The quantitative estimate of drug-likeness (QED) is 0.186. The lowest BCUT2D eigenvalue weighted by Crippen LogP contribution is -1.90. The van der Waals surface area contributed by atoms with Crippen LogP contribution in [0.1, 0.15) is 0 Å². The molecule has 0 unspecified atom stereocenters. The van der Waals surface area contributed by atoms with Gasteiger partial charge in [0.25, 0.3) is 0 Å². The number of fused-ring (bicyclic) bond motifs is 9. The van der Waals surface area contributed by atoms with E-state index in [0.717, 1.165) is 26.9 Å². The molecule has 7 rings (SSSR count). The molecule has 2 aromatic heterocycles. The highest BCUT2D eigenvalue weighted by Gasteiger charge is 2.16. The zero-order valence-electron chi connectivity index (χ0n) is 16.8. The van der Waals surface area contributed by atoms with Gasteiger partial charge in [-0.3, -0.25) is 0 Å². The number of nitrogens with zero attached hydrogens (tertiary/aromatic N) is 2. The van der Waals surface area contributed by atoms with Gasteiger partial charge in [0.15, 0.2) is 0 Å². The first-order chi connectivity index (χ1) is 15.8. The van der Waals surface area contributed by atoms with Crippen molar-refractivity contribution < 1.29 is 0 Å². The van der Waals surface area contributed by atoms with E-state index in [4.69, 9.17) is 11.6 Å². The van der Waals surface area contributed by atoms with Gasteiger partial charge in [-0.2, -0.15) is 0 Å². The SMILES string of the molecule is Clc1nc(-c2ccc3c4ccccc4c4ccccc4c3c2)c2sc3ccccc3c2n1. The van der Waals surface area contributed by atoms with Crippen LogP contribution in [0.3, 0.4) is 0 Å². The summed E-state index contributed by atoms with van der Waals surface area (Å²) in [5.74, 6) is 0. The van der Waals surface area contributed by atoms with E-state index in [1.807, 2.05) is 6.07 Å². The van der Waals surface area contributed by atoms with Crippen molar-refractivity contribution in [1.29, 1.82) is 0 Å². The minimum Gasteiger partial charge on any atom is -0.216 e. The van der Waals surface area contributed by atoms with E-state index < -0.39 is 0 Å². The van der Waals surface area contributed by atoms with E-state index in [1.54, 1.807) is 11.3 Å². The van der Waals surface area contributed by atoms with Crippen molar-refractivity contribution in [3.05, 3.63) is 96.3 Å². The van der Waals surface area contributed by atoms with Crippen LogP contribution in [0.5, 0.6) is 0 Å². The van der Waals surface area contributed by atoms with E-state index in [2.05, 4.69) is 94.9 Å². The first kappa shape index (κ1) is 18.1. The van der Waals surface area contributed by atoms with Crippen LogP contribution in [0.2, 0.25) is 5.28 Å². The zero-order chi connectivity index (χ0) is 21.2. The van der Waals surface area contributed by atoms with E-state index in [9.17, 15) is 0 Å². The van der Waals surface area contributed by atoms with Gasteiger partial charge in [-0.15, -0.1) is 11.3 Å². The summed E-state index contributed by atoms with van der Waals surface area (Å²) in [5, 5.41) is 8.92. The van der Waals surface area contributed by atoms with Crippen LogP contribution in [0.15, 0.2) is 91.0 Å². The van der Waals surface area contributed by atoms with Crippen LogP contribution in [-0.2, 0) is 0 Å². The van der Waals surface area contributed by atoms with E-state index in [-0.39, 0.29) is 5.28 Å². The summed E-state index contributed by atoms with van der Waals surface area (Å²) < 4.78 is 2.26. The molecule has 2 heterocycles. The van der Waals surface area contributed by atoms with Gasteiger partial charge in [0.05, 0.1) is 15.9 Å². The van der Waals surface area contributed by atoms with Crippen molar-refractivity contribution in [2.45, 2.75) is 0 Å². The van der Waals surface area contributed by atoms with Crippen LogP contribution >= 0.6 is 22.9 Å². The fourth-order valence-corrected chi connectivity index (χ4v) is 6.14. The van der Waals surface area contributed by atoms with Crippen LogP contribution in [-0.4, -0.2) is 9.97 Å². The average Bonchev–Trinajstić information content (AvgIpc) is 3.22. The second kappa shape index (κ2) is 6.73. The molecule has 0 saturated heterocycles. The molecule has 0 N–H and O–H groups in total. The molecular formula is C28H15ClN2S. The van der Waals surface area contributed by atoms with Crippen molar-refractivity contribution in [2.24, 2.45) is 0 Å². The number of rotatable bonds is 1. The Morgan fingerprint density at radius 2 is 1.12 bits per heavy atom. The predicted molar refractivity (Wildman–Crippen MR) is 138 cm³/mol. The van der Waals surface area contributed by atoms with Crippen molar-refractivity contribution in [3.8, 4) is 11.3 Å². The summed E-state index contributed by atoms with van der Waals surface area (Å²) >= 11 is 8.12. The zero-order valence-corrected chi connectivity index (χ0v) is 18.4. The van der Waals surface area contributed by atoms with Gasteiger partial charge in [-0.1, -0.05) is 78.9 Å². The Morgan fingerprint density at radius 3 is 1.81 bits per heavy atom. The first-order valence-corrected chi connectivity index (χ1v) is 11.7. The number of aromatic nitrogens is 2. The summed E-state index contributed by atoms with van der Waals surface area (Å²) in [7, 11) is 0. The van der Waals surface area contributed by atoms with Crippen LogP contribution in [0.4, 0.5) is 0 Å². The molecule has 5 aromatic carbocycles. The molecule has 32 heavy (non-hydrogen) atoms. The molecule has 0 radical (unpaired) electrons. The molecule has 0 atom stereocenters. The normalized spacial score (nSPS) is 11.9. The highest BCUT2D eigenvalue weighted by molar-refractivity contribution is 7.26. The van der Waals surface area contributed by atoms with Crippen LogP contribution < -0.4 is 0 Å². The van der Waals surface area contributed by atoms with E-state index in [1.165, 1.54) is 37.0 Å². The lowest BCUT2D eigenvalue weighted by molar-refractivity contribution is 1.24. The molecule has 0 bridgehead atoms. The third kappa shape index (κ3) is 2.52. The molecule has 0 saturated carbocycles. The molecule has 0 aliphatic heterocycles. The highest BCUT2D eigenvalue weighted by Crippen LogP contribution is 2.41. The highest BCUT2D eigenvalue weighted by atomic mass is 35.5. The summed E-state index contributed by atoms with van der Waals surface area (Å²) in [6.45, 7) is 0. The fraction of sp³-hybridized carbons (Fsp3) is 0. The first-order valence-electron chi connectivity index (χ1n) is 10.5. The van der Waals surface area contributed by atoms with Gasteiger partial charge in [0.1, 0.15) is 0 Å². The Bertz CT molecular complexity index is 1820. The maximum Gasteiger partial charge on any atom is 0.223 e. The Kier molecular flexibility index (Phi) is 3.80. The Labute approximate surface area is 192 Å². The smallest absolute Gasteiger partial charge is 0.216 e. The van der Waals surface area contributed by atoms with Crippen molar-refractivity contribution in [3.63, 3.8) is 0 Å². The van der Waals surface area contributed by atoms with Gasteiger partial charge in [-0.05, 0) is 56.1 Å². The minimum absolute atomic E-state index is 0.277. The number of thiophene rings is 1. The van der Waals surface area contributed by atoms with Gasteiger partial charge in [0.2, 0.25) is 5.28 Å². The monoisotopic (exact) mass is 446 g/mol. The van der Waals surface area contributed by atoms with Gasteiger partial charge >= 0.3 is 0 Å². The number of hydrogen-bond acceptors (Lipinski definition) is 3. The maximum atomic E-state index is 6.40. The molecule has 2 nitrogen and oxygen atoms in total. The number of hydrogen-bond donors (Lipinski definition) is 0. The number of halogens is 1. The lowest BCUT2D eigenvalue weighted by atomic mass is 9.93. The second-order valence-electron chi connectivity index (χ2n) is 7.97. The summed E-state index contributed by atoms with van der Waals surface area (Å²) in [5.41, 5.74) is 2.86. The lowest BCUT2D eigenvalue weighted by Gasteiger charge is -2.12. The molecule has 150 valence electrons. The summed E-state index contributed by atoms with van der Waals surface area (Å²) in [4.78, 5) is 9.25. The van der Waals surface area contributed by atoms with Crippen molar-refractivity contribution in [1.82, 2.24) is 9.97 Å². The molecule has 0 aliphatic rings. The molecular weight excluding hydrogens is 432 g/mol. The van der Waals surface area contributed by atoms with Gasteiger partial charge in [-0.25, -0.2) is 9.97 Å². The molecule has 0 aliphatic carbocycles. The average molecular weight is 447 g/mol. The maximum absolute atomic E-state index is 6.40. The predicted octanol–water partition coefficient (Wildman–Crippen LogP) is 8.62. The van der Waals surface area contributed by atoms with Crippen molar-refractivity contribution >= 4 is 75.6 Å². The minimum atomic E-state index is 0.277. The van der Waals surface area contributed by atoms with Crippen molar-refractivity contribution in [2.75, 3.05) is 0 Å². The standard InChI is InChI=1S/C28H15ClN2S/c29-28-30-25(27-26(31-28)22-11-5-6-12-24(22)32-27)16-13-14-21-19-9-2-1-7-17(19)18-8-3-4-10-20(18)23(21)15-16/h1-15H. The Hall–Kier alpha value is -3.53. The van der Waals surface area contributed by atoms with Gasteiger partial charge < -0.3 is 0 Å². The Morgan fingerprint density at radius 1 is 0.562 bits per heavy atom. The topological polar surface area (TPSA) is 25.8 Å². The van der Waals surface area contributed by atoms with E-state index >= 15 is 0 Å². The molecule has 4 heteroatoms. The largest absolute Gasteiger partial charge is 0.223 e. The van der Waals surface area contributed by atoms with Gasteiger partial charge in [0, 0.05) is 15.6 Å². The molecule has 0 fully saturated rings. The number of benzene rings is 5. The third-order valence-corrected chi connectivity index (χ3v) is 7.55. The van der Waals surface area contributed by atoms with Crippen LogP contribution in [0.25, 0.3) is 63.9 Å². The van der Waals surface area contributed by atoms with E-state index in [0.29, 0.717) is 0 Å². The summed E-state index contributed by atoms with van der Waals surface area (Å²) in [6.07, 6.45) is 0. The van der Waals surface area contributed by atoms with Crippen LogP contribution in [0, 0.1) is 0 Å². The summed E-state index contributed by atoms with van der Waals surface area (Å²) in [6, 6.07) is 32.2. The molecule has 0 amide bonds. The Balaban J connectivity index is 1.61. The molecule has 0 spiro atoms. The third-order valence-electron chi connectivity index (χ3n) is 6.21.